The van der Waals surface area contributed by atoms with E-state index in [4.69, 9.17) is 5.73 Å². The molecule has 0 radical (unpaired) electrons. The van der Waals surface area contributed by atoms with E-state index >= 15 is 0 Å². The molecular weight excluding hydrogens is 274 g/mol. The molecule has 0 bridgehead atoms. The average Bonchev–Trinajstić information content (AvgIpc) is 2.89. The van der Waals surface area contributed by atoms with Gasteiger partial charge in [0.2, 0.25) is 4.96 Å². The minimum atomic E-state index is 0.139. The number of anilines is 1. The standard InChI is InChI=1S/C13H13N5OS/c14-8-4-5-9(10(19)6-8)12-17-18-11(7-2-1-3-7)15-16-13(18)20-12/h4-7,19H,1-3,14H2. The lowest BCUT2D eigenvalue weighted by atomic mass is 9.85. The van der Waals surface area contributed by atoms with Gasteiger partial charge in [0, 0.05) is 17.7 Å². The van der Waals surface area contributed by atoms with Crippen LogP contribution in [0, 0.1) is 0 Å². The molecule has 1 aromatic carbocycles. The molecule has 3 N–H and O–H groups in total. The van der Waals surface area contributed by atoms with Crippen LogP contribution in [0.4, 0.5) is 5.69 Å². The molecule has 0 spiro atoms. The van der Waals surface area contributed by atoms with Gasteiger partial charge in [-0.25, -0.2) is 0 Å². The summed E-state index contributed by atoms with van der Waals surface area (Å²) >= 11 is 1.42. The lowest BCUT2D eigenvalue weighted by Crippen LogP contribution is -2.12. The summed E-state index contributed by atoms with van der Waals surface area (Å²) < 4.78 is 1.81. The van der Waals surface area contributed by atoms with E-state index in [0.717, 1.165) is 28.6 Å². The summed E-state index contributed by atoms with van der Waals surface area (Å²) in [7, 11) is 0. The maximum atomic E-state index is 9.98. The van der Waals surface area contributed by atoms with Gasteiger partial charge >= 0.3 is 0 Å². The smallest absolute Gasteiger partial charge is 0.234 e. The molecule has 2 aromatic heterocycles. The number of fused-ring (bicyclic) bond motifs is 1. The first kappa shape index (κ1) is 11.7. The third-order valence-electron chi connectivity index (χ3n) is 3.74. The Morgan fingerprint density at radius 2 is 2.15 bits per heavy atom. The molecule has 0 atom stereocenters. The monoisotopic (exact) mass is 287 g/mol. The van der Waals surface area contributed by atoms with Crippen LogP contribution in [0.3, 0.4) is 0 Å². The highest BCUT2D eigenvalue weighted by atomic mass is 32.1. The number of rotatable bonds is 2. The fraction of sp³-hybridized carbons (Fsp3) is 0.308. The largest absolute Gasteiger partial charge is 0.507 e. The Labute approximate surface area is 118 Å². The molecule has 2 heterocycles. The number of hydrogen-bond donors (Lipinski definition) is 2. The topological polar surface area (TPSA) is 89.3 Å². The van der Waals surface area contributed by atoms with E-state index in [0.29, 0.717) is 17.2 Å². The molecule has 0 amide bonds. The van der Waals surface area contributed by atoms with E-state index in [9.17, 15) is 5.11 Å². The van der Waals surface area contributed by atoms with Gasteiger partial charge in [0.15, 0.2) is 10.8 Å². The van der Waals surface area contributed by atoms with Crippen LogP contribution >= 0.6 is 11.3 Å². The normalized spacial score (nSPS) is 15.6. The number of phenolic OH excluding ortho intramolecular Hbond substituents is 1. The zero-order valence-electron chi connectivity index (χ0n) is 10.7. The number of nitrogens with two attached hydrogens (primary N) is 1. The van der Waals surface area contributed by atoms with Crippen LogP contribution in [0.1, 0.15) is 31.0 Å². The Kier molecular flexibility index (Phi) is 2.43. The predicted molar refractivity (Wildman–Crippen MR) is 76.8 cm³/mol. The molecule has 1 aliphatic carbocycles. The van der Waals surface area contributed by atoms with Crippen molar-refractivity contribution in [3.8, 4) is 16.3 Å². The first-order valence-electron chi connectivity index (χ1n) is 6.53. The van der Waals surface area contributed by atoms with Crippen LogP contribution in [0.5, 0.6) is 5.75 Å². The maximum absolute atomic E-state index is 9.98. The fourth-order valence-electron chi connectivity index (χ4n) is 2.39. The van der Waals surface area contributed by atoms with E-state index in [-0.39, 0.29) is 5.75 Å². The Morgan fingerprint density at radius 3 is 2.85 bits per heavy atom. The zero-order chi connectivity index (χ0) is 13.7. The molecule has 20 heavy (non-hydrogen) atoms. The second-order valence-electron chi connectivity index (χ2n) is 5.06. The van der Waals surface area contributed by atoms with Crippen molar-refractivity contribution in [2.45, 2.75) is 25.2 Å². The van der Waals surface area contributed by atoms with Crippen LogP contribution < -0.4 is 5.73 Å². The van der Waals surface area contributed by atoms with Crippen molar-refractivity contribution in [1.82, 2.24) is 19.8 Å². The second-order valence-corrected chi connectivity index (χ2v) is 6.02. The third-order valence-corrected chi connectivity index (χ3v) is 4.67. The molecule has 1 saturated carbocycles. The highest BCUT2D eigenvalue weighted by molar-refractivity contribution is 7.19. The van der Waals surface area contributed by atoms with E-state index < -0.39 is 0 Å². The predicted octanol–water partition coefficient (Wildman–Crippen LogP) is 2.41. The Balaban J connectivity index is 1.82. The second kappa shape index (κ2) is 4.17. The van der Waals surface area contributed by atoms with Gasteiger partial charge in [0.25, 0.3) is 0 Å². The Morgan fingerprint density at radius 1 is 1.30 bits per heavy atom. The minimum absolute atomic E-state index is 0.139. The Bertz CT molecular complexity index is 789. The highest BCUT2D eigenvalue weighted by Gasteiger charge is 2.26. The fourth-order valence-corrected chi connectivity index (χ4v) is 3.27. The Hall–Kier alpha value is -2.15. The molecule has 3 aromatic rings. The van der Waals surface area contributed by atoms with Gasteiger partial charge in [-0.15, -0.1) is 10.2 Å². The van der Waals surface area contributed by atoms with E-state index in [1.54, 1.807) is 16.6 Å². The number of aromatic nitrogens is 4. The highest BCUT2D eigenvalue weighted by Crippen LogP contribution is 2.38. The number of nitrogens with zero attached hydrogens (tertiary/aromatic N) is 4. The van der Waals surface area contributed by atoms with Gasteiger partial charge < -0.3 is 10.8 Å². The number of nitrogen functional groups attached to an aromatic ring is 1. The van der Waals surface area contributed by atoms with Crippen molar-refractivity contribution in [3.63, 3.8) is 0 Å². The average molecular weight is 287 g/mol. The summed E-state index contributed by atoms with van der Waals surface area (Å²) in [5.41, 5.74) is 6.85. The molecular formula is C13H13N5OS. The lowest BCUT2D eigenvalue weighted by Gasteiger charge is -2.22. The SMILES string of the molecule is Nc1ccc(-c2nn3c(C4CCC4)nnc3s2)c(O)c1. The number of phenols is 1. The summed E-state index contributed by atoms with van der Waals surface area (Å²) in [6.07, 6.45) is 3.55. The molecule has 0 unspecified atom stereocenters. The molecule has 0 aliphatic heterocycles. The van der Waals surface area contributed by atoms with Crippen LogP contribution in [-0.4, -0.2) is 24.9 Å². The summed E-state index contributed by atoms with van der Waals surface area (Å²) in [5.74, 6) is 1.55. The summed E-state index contributed by atoms with van der Waals surface area (Å²) in [6, 6.07) is 5.06. The molecule has 1 aliphatic rings. The molecule has 102 valence electrons. The van der Waals surface area contributed by atoms with Gasteiger partial charge in [0.1, 0.15) is 5.75 Å². The number of benzene rings is 1. The first-order chi connectivity index (χ1) is 9.72. The number of hydrogen-bond acceptors (Lipinski definition) is 6. The van der Waals surface area contributed by atoms with Crippen LogP contribution in [-0.2, 0) is 0 Å². The lowest BCUT2D eigenvalue weighted by molar-refractivity contribution is 0.395. The molecule has 7 heteroatoms. The maximum Gasteiger partial charge on any atom is 0.234 e. The van der Waals surface area contributed by atoms with Crippen molar-refractivity contribution in [2.75, 3.05) is 5.73 Å². The van der Waals surface area contributed by atoms with Gasteiger partial charge in [-0.3, -0.25) is 0 Å². The van der Waals surface area contributed by atoms with Gasteiger partial charge in [-0.05, 0) is 25.0 Å². The van der Waals surface area contributed by atoms with Crippen molar-refractivity contribution < 1.29 is 5.11 Å². The summed E-state index contributed by atoms with van der Waals surface area (Å²) in [5, 5.41) is 23.7. The van der Waals surface area contributed by atoms with E-state index in [1.807, 2.05) is 0 Å². The van der Waals surface area contributed by atoms with Crippen LogP contribution in [0.15, 0.2) is 18.2 Å². The van der Waals surface area contributed by atoms with E-state index in [1.165, 1.54) is 23.8 Å². The molecule has 0 saturated heterocycles. The quantitative estimate of drug-likeness (QED) is 0.706. The van der Waals surface area contributed by atoms with Crippen molar-refractivity contribution >= 4 is 22.0 Å². The minimum Gasteiger partial charge on any atom is -0.507 e. The number of aromatic hydroxyl groups is 1. The molecule has 6 nitrogen and oxygen atoms in total. The summed E-state index contributed by atoms with van der Waals surface area (Å²) in [4.78, 5) is 0.762. The first-order valence-corrected chi connectivity index (χ1v) is 7.35. The van der Waals surface area contributed by atoms with Gasteiger partial charge in [-0.2, -0.15) is 9.61 Å². The van der Waals surface area contributed by atoms with Gasteiger partial charge in [0.05, 0.1) is 5.56 Å². The van der Waals surface area contributed by atoms with Crippen molar-refractivity contribution in [1.29, 1.82) is 0 Å². The van der Waals surface area contributed by atoms with Crippen molar-refractivity contribution in [3.05, 3.63) is 24.0 Å². The van der Waals surface area contributed by atoms with Crippen LogP contribution in [0.25, 0.3) is 15.5 Å². The van der Waals surface area contributed by atoms with Crippen molar-refractivity contribution in [2.24, 2.45) is 0 Å². The van der Waals surface area contributed by atoms with Gasteiger partial charge in [-0.1, -0.05) is 17.8 Å². The van der Waals surface area contributed by atoms with E-state index in [2.05, 4.69) is 15.3 Å². The molecule has 1 fully saturated rings. The third kappa shape index (κ3) is 1.66. The zero-order valence-corrected chi connectivity index (χ0v) is 11.5. The molecule has 4 rings (SSSR count). The summed E-state index contributed by atoms with van der Waals surface area (Å²) in [6.45, 7) is 0. The van der Waals surface area contributed by atoms with Crippen LogP contribution in [0.2, 0.25) is 0 Å².